The number of hydrogen-bond donors (Lipinski definition) is 2. The van der Waals surface area contributed by atoms with Crippen molar-refractivity contribution in [3.63, 3.8) is 0 Å². The molecule has 0 radical (unpaired) electrons. The van der Waals surface area contributed by atoms with Crippen LogP contribution in [0.2, 0.25) is 0 Å². The SMILES string of the molecule is O=C(/C=C/c1c[nH]c2ccc3[nH]c4ccccc4c3c12)c1ccccc1. The van der Waals surface area contributed by atoms with Crippen molar-refractivity contribution in [3.05, 3.63) is 90.1 Å². The summed E-state index contributed by atoms with van der Waals surface area (Å²) >= 11 is 0. The van der Waals surface area contributed by atoms with Gasteiger partial charge in [-0.3, -0.25) is 4.79 Å². The highest BCUT2D eigenvalue weighted by atomic mass is 16.1. The summed E-state index contributed by atoms with van der Waals surface area (Å²) < 4.78 is 0. The minimum absolute atomic E-state index is 0.00560. The third kappa shape index (κ3) is 2.25. The molecule has 0 aliphatic carbocycles. The van der Waals surface area contributed by atoms with Gasteiger partial charge in [-0.15, -0.1) is 0 Å². The molecule has 3 aromatic carbocycles. The zero-order valence-corrected chi connectivity index (χ0v) is 14.0. The van der Waals surface area contributed by atoms with Crippen molar-refractivity contribution >= 4 is 44.6 Å². The molecule has 0 spiro atoms. The molecule has 0 aliphatic rings. The van der Waals surface area contributed by atoms with Gasteiger partial charge in [0.05, 0.1) is 0 Å². The van der Waals surface area contributed by atoms with E-state index < -0.39 is 0 Å². The number of nitrogens with one attached hydrogen (secondary N) is 2. The van der Waals surface area contributed by atoms with E-state index in [1.807, 2.05) is 48.7 Å². The van der Waals surface area contributed by atoms with E-state index in [1.54, 1.807) is 6.08 Å². The Hall–Kier alpha value is -3.59. The molecule has 5 aromatic rings. The molecule has 0 atom stereocenters. The minimum Gasteiger partial charge on any atom is -0.361 e. The summed E-state index contributed by atoms with van der Waals surface area (Å²) in [7, 11) is 0. The Morgan fingerprint density at radius 2 is 1.54 bits per heavy atom. The fraction of sp³-hybridized carbons (Fsp3) is 0. The quantitative estimate of drug-likeness (QED) is 0.322. The average molecular weight is 336 g/mol. The molecule has 0 aliphatic heterocycles. The maximum atomic E-state index is 12.4. The molecule has 5 rings (SSSR count). The first-order chi connectivity index (χ1) is 12.8. The molecule has 0 amide bonds. The zero-order chi connectivity index (χ0) is 17.5. The van der Waals surface area contributed by atoms with E-state index in [0.717, 1.165) is 27.5 Å². The first kappa shape index (κ1) is 14.7. The molecule has 26 heavy (non-hydrogen) atoms. The predicted molar refractivity (Wildman–Crippen MR) is 107 cm³/mol. The number of ketones is 1. The van der Waals surface area contributed by atoms with Crippen LogP contribution in [-0.4, -0.2) is 15.8 Å². The standard InChI is InChI=1S/C23H16N2O/c26-21(15-6-2-1-3-7-15)13-10-16-14-24-19-11-12-20-23(22(16)19)17-8-4-5-9-18(17)25-20/h1-14,24-25H/b13-10+. The van der Waals surface area contributed by atoms with Gasteiger partial charge >= 0.3 is 0 Å². The Morgan fingerprint density at radius 3 is 2.42 bits per heavy atom. The van der Waals surface area contributed by atoms with Gasteiger partial charge in [-0.2, -0.15) is 0 Å². The van der Waals surface area contributed by atoms with Crippen LogP contribution in [-0.2, 0) is 0 Å². The first-order valence-corrected chi connectivity index (χ1v) is 8.59. The number of benzene rings is 3. The van der Waals surface area contributed by atoms with Crippen LogP contribution in [0.25, 0.3) is 38.8 Å². The second kappa shape index (κ2) is 5.74. The highest BCUT2D eigenvalue weighted by Gasteiger charge is 2.11. The molecule has 0 fully saturated rings. The van der Waals surface area contributed by atoms with Crippen LogP contribution >= 0.6 is 0 Å². The third-order valence-corrected chi connectivity index (χ3v) is 4.82. The molecule has 0 saturated heterocycles. The predicted octanol–water partition coefficient (Wildman–Crippen LogP) is 5.70. The number of carbonyl (C=O) groups excluding carboxylic acids is 1. The highest BCUT2D eigenvalue weighted by Crippen LogP contribution is 2.34. The number of aromatic nitrogens is 2. The van der Waals surface area contributed by atoms with Crippen LogP contribution in [0.4, 0.5) is 0 Å². The number of allylic oxidation sites excluding steroid dienone is 1. The maximum Gasteiger partial charge on any atom is 0.185 e. The van der Waals surface area contributed by atoms with E-state index in [1.165, 1.54) is 10.8 Å². The Morgan fingerprint density at radius 1 is 0.769 bits per heavy atom. The van der Waals surface area contributed by atoms with Gasteiger partial charge in [0, 0.05) is 50.0 Å². The van der Waals surface area contributed by atoms with Crippen LogP contribution in [0.3, 0.4) is 0 Å². The second-order valence-corrected chi connectivity index (χ2v) is 6.39. The smallest absolute Gasteiger partial charge is 0.185 e. The Balaban J connectivity index is 1.69. The monoisotopic (exact) mass is 336 g/mol. The van der Waals surface area contributed by atoms with Crippen molar-refractivity contribution in [1.82, 2.24) is 9.97 Å². The van der Waals surface area contributed by atoms with Gasteiger partial charge < -0.3 is 9.97 Å². The fourth-order valence-corrected chi connectivity index (χ4v) is 3.59. The van der Waals surface area contributed by atoms with Gasteiger partial charge in [0.1, 0.15) is 0 Å². The lowest BCUT2D eigenvalue weighted by Gasteiger charge is -1.98. The summed E-state index contributed by atoms with van der Waals surface area (Å²) in [6.45, 7) is 0. The van der Waals surface area contributed by atoms with Gasteiger partial charge in [0.25, 0.3) is 0 Å². The van der Waals surface area contributed by atoms with Crippen LogP contribution in [0.1, 0.15) is 15.9 Å². The molecule has 2 aromatic heterocycles. The largest absolute Gasteiger partial charge is 0.361 e. The van der Waals surface area contributed by atoms with Crippen LogP contribution in [0.15, 0.2) is 79.0 Å². The number of fused-ring (bicyclic) bond motifs is 5. The third-order valence-electron chi connectivity index (χ3n) is 4.82. The summed E-state index contributed by atoms with van der Waals surface area (Å²) in [4.78, 5) is 19.2. The normalized spacial score (nSPS) is 11.8. The highest BCUT2D eigenvalue weighted by molar-refractivity contribution is 6.22. The van der Waals surface area contributed by atoms with E-state index in [-0.39, 0.29) is 5.78 Å². The molecular formula is C23H16N2O. The summed E-state index contributed by atoms with van der Waals surface area (Å²) in [6, 6.07) is 21.8. The van der Waals surface area contributed by atoms with E-state index in [2.05, 4.69) is 40.3 Å². The molecule has 2 N–H and O–H groups in total. The van der Waals surface area contributed by atoms with E-state index in [0.29, 0.717) is 5.56 Å². The number of rotatable bonds is 3. The van der Waals surface area contributed by atoms with Crippen molar-refractivity contribution < 1.29 is 4.79 Å². The average Bonchev–Trinajstić information content (AvgIpc) is 3.27. The van der Waals surface area contributed by atoms with E-state index in [4.69, 9.17) is 0 Å². The van der Waals surface area contributed by atoms with E-state index >= 15 is 0 Å². The summed E-state index contributed by atoms with van der Waals surface area (Å²) in [5.74, 6) is 0.00560. The Kier molecular flexibility index (Phi) is 3.25. The number of para-hydroxylation sites is 1. The van der Waals surface area contributed by atoms with Crippen molar-refractivity contribution in [1.29, 1.82) is 0 Å². The Bertz CT molecular complexity index is 1290. The van der Waals surface area contributed by atoms with Gasteiger partial charge in [-0.05, 0) is 30.4 Å². The molecule has 3 nitrogen and oxygen atoms in total. The van der Waals surface area contributed by atoms with Gasteiger partial charge in [-0.25, -0.2) is 0 Å². The summed E-state index contributed by atoms with van der Waals surface area (Å²) in [6.07, 6.45) is 5.50. The number of carbonyl (C=O) groups is 1. The topological polar surface area (TPSA) is 48.6 Å². The van der Waals surface area contributed by atoms with Crippen molar-refractivity contribution in [2.24, 2.45) is 0 Å². The molecule has 124 valence electrons. The van der Waals surface area contributed by atoms with Crippen LogP contribution in [0, 0.1) is 0 Å². The molecule has 0 saturated carbocycles. The van der Waals surface area contributed by atoms with Gasteiger partial charge in [0.2, 0.25) is 0 Å². The fourth-order valence-electron chi connectivity index (χ4n) is 3.59. The Labute approximate surface area is 150 Å². The molecule has 3 heteroatoms. The molecule has 2 heterocycles. The maximum absolute atomic E-state index is 12.4. The lowest BCUT2D eigenvalue weighted by Crippen LogP contribution is -1.92. The first-order valence-electron chi connectivity index (χ1n) is 8.59. The lowest BCUT2D eigenvalue weighted by molar-refractivity contribution is 0.104. The second-order valence-electron chi connectivity index (χ2n) is 6.39. The number of aromatic amines is 2. The molecule has 0 bridgehead atoms. The number of H-pyrrole nitrogens is 2. The summed E-state index contributed by atoms with van der Waals surface area (Å²) in [5, 5.41) is 3.51. The minimum atomic E-state index is 0.00560. The number of hydrogen-bond acceptors (Lipinski definition) is 1. The molecule has 0 unspecified atom stereocenters. The summed E-state index contributed by atoms with van der Waals surface area (Å²) in [5.41, 5.74) is 4.99. The molecular weight excluding hydrogens is 320 g/mol. The van der Waals surface area contributed by atoms with Gasteiger partial charge in [-0.1, -0.05) is 48.5 Å². The van der Waals surface area contributed by atoms with Crippen molar-refractivity contribution in [2.45, 2.75) is 0 Å². The zero-order valence-electron chi connectivity index (χ0n) is 14.0. The van der Waals surface area contributed by atoms with Crippen molar-refractivity contribution in [3.8, 4) is 0 Å². The van der Waals surface area contributed by atoms with Gasteiger partial charge in [0.15, 0.2) is 5.78 Å². The lowest BCUT2D eigenvalue weighted by atomic mass is 10.0. The van der Waals surface area contributed by atoms with Crippen LogP contribution in [0.5, 0.6) is 0 Å². The van der Waals surface area contributed by atoms with E-state index in [9.17, 15) is 4.79 Å². The van der Waals surface area contributed by atoms with Crippen LogP contribution < -0.4 is 0 Å². The van der Waals surface area contributed by atoms with Crippen molar-refractivity contribution in [2.75, 3.05) is 0 Å².